The number of amides is 2. The summed E-state index contributed by atoms with van der Waals surface area (Å²) < 4.78 is 0. The van der Waals surface area contributed by atoms with E-state index in [4.69, 9.17) is 11.6 Å². The maximum Gasteiger partial charge on any atom is 0.242 e. The third kappa shape index (κ3) is 4.21. The van der Waals surface area contributed by atoms with Gasteiger partial charge in [0.1, 0.15) is 11.4 Å². The number of carbonyl (C=O) groups excluding carboxylic acids is 2. The minimum Gasteiger partial charge on any atom is -0.355 e. The van der Waals surface area contributed by atoms with Crippen LogP contribution >= 0.6 is 23.4 Å². The van der Waals surface area contributed by atoms with Gasteiger partial charge in [-0.15, -0.1) is 11.8 Å². The second-order valence-corrected chi connectivity index (χ2v) is 7.50. The molecule has 0 aromatic heterocycles. The zero-order chi connectivity index (χ0) is 17.0. The van der Waals surface area contributed by atoms with Gasteiger partial charge in [-0.05, 0) is 25.3 Å². The summed E-state index contributed by atoms with van der Waals surface area (Å²) in [6.45, 7) is 6.56. The maximum absolute atomic E-state index is 12.5. The van der Waals surface area contributed by atoms with Crippen molar-refractivity contribution in [1.82, 2.24) is 10.2 Å². The van der Waals surface area contributed by atoms with Gasteiger partial charge >= 0.3 is 0 Å². The molecule has 0 saturated carbocycles. The van der Waals surface area contributed by atoms with Crippen LogP contribution in [-0.2, 0) is 9.59 Å². The van der Waals surface area contributed by atoms with Gasteiger partial charge in [0.05, 0.1) is 5.75 Å². The molecule has 1 aromatic rings. The highest BCUT2D eigenvalue weighted by Crippen LogP contribution is 2.43. The summed E-state index contributed by atoms with van der Waals surface area (Å²) in [6.07, 6.45) is 0.638. The summed E-state index contributed by atoms with van der Waals surface area (Å²) in [7, 11) is 0. The van der Waals surface area contributed by atoms with Crippen molar-refractivity contribution in [3.63, 3.8) is 0 Å². The summed E-state index contributed by atoms with van der Waals surface area (Å²) in [4.78, 5) is 26.7. The second-order valence-electron chi connectivity index (χ2n) is 6.03. The average Bonchev–Trinajstić information content (AvgIpc) is 2.87. The van der Waals surface area contributed by atoms with Crippen LogP contribution in [0.15, 0.2) is 24.3 Å². The van der Waals surface area contributed by atoms with Crippen molar-refractivity contribution in [3.8, 4) is 0 Å². The van der Waals surface area contributed by atoms with Gasteiger partial charge in [-0.2, -0.15) is 0 Å². The minimum absolute atomic E-state index is 0.00294. The molecular formula is C17H23ClN2O2S. The predicted molar refractivity (Wildman–Crippen MR) is 95.4 cm³/mol. The summed E-state index contributed by atoms with van der Waals surface area (Å²) in [5.41, 5.74) is 0.892. The third-order valence-electron chi connectivity index (χ3n) is 3.76. The molecule has 126 valence electrons. The molecule has 2 rings (SSSR count). The van der Waals surface area contributed by atoms with Crippen LogP contribution in [0.25, 0.3) is 0 Å². The predicted octanol–water partition coefficient (Wildman–Crippen LogP) is 3.46. The van der Waals surface area contributed by atoms with Crippen molar-refractivity contribution in [2.24, 2.45) is 5.92 Å². The highest BCUT2D eigenvalue weighted by molar-refractivity contribution is 8.00. The van der Waals surface area contributed by atoms with Crippen LogP contribution in [0, 0.1) is 5.92 Å². The lowest BCUT2D eigenvalue weighted by atomic mass is 10.0. The van der Waals surface area contributed by atoms with Gasteiger partial charge in [-0.3, -0.25) is 9.59 Å². The Hall–Kier alpha value is -1.20. The van der Waals surface area contributed by atoms with E-state index in [-0.39, 0.29) is 17.2 Å². The molecule has 23 heavy (non-hydrogen) atoms. The summed E-state index contributed by atoms with van der Waals surface area (Å²) in [5.74, 6) is 0.600. The fraction of sp³-hybridized carbons (Fsp3) is 0.529. The van der Waals surface area contributed by atoms with Gasteiger partial charge in [0.25, 0.3) is 0 Å². The van der Waals surface area contributed by atoms with Gasteiger partial charge in [-0.1, -0.05) is 43.6 Å². The quantitative estimate of drug-likeness (QED) is 0.851. The Labute approximate surface area is 146 Å². The molecule has 0 bridgehead atoms. The highest BCUT2D eigenvalue weighted by atomic mass is 35.5. The van der Waals surface area contributed by atoms with E-state index in [2.05, 4.69) is 19.2 Å². The molecule has 2 atom stereocenters. The zero-order valence-electron chi connectivity index (χ0n) is 13.7. The molecule has 1 aliphatic rings. The van der Waals surface area contributed by atoms with Crippen LogP contribution in [0.2, 0.25) is 5.02 Å². The Morgan fingerprint density at radius 3 is 2.74 bits per heavy atom. The van der Waals surface area contributed by atoms with Crippen molar-refractivity contribution in [2.75, 3.05) is 12.3 Å². The average molecular weight is 355 g/mol. The molecule has 2 amide bonds. The lowest BCUT2D eigenvalue weighted by Gasteiger charge is -2.33. The number of carbonyl (C=O) groups is 2. The Bertz CT molecular complexity index is 579. The Balaban J connectivity index is 2.35. The first-order valence-electron chi connectivity index (χ1n) is 7.90. The van der Waals surface area contributed by atoms with Crippen LogP contribution in [0.5, 0.6) is 0 Å². The van der Waals surface area contributed by atoms with E-state index in [0.717, 1.165) is 5.56 Å². The molecule has 1 aromatic carbocycles. The fourth-order valence-electron chi connectivity index (χ4n) is 2.77. The number of hydrogen-bond donors (Lipinski definition) is 1. The maximum atomic E-state index is 12.5. The van der Waals surface area contributed by atoms with Crippen molar-refractivity contribution in [2.45, 2.75) is 38.6 Å². The molecule has 0 unspecified atom stereocenters. The van der Waals surface area contributed by atoms with Crippen LogP contribution in [-0.4, -0.2) is 35.1 Å². The monoisotopic (exact) mass is 354 g/mol. The summed E-state index contributed by atoms with van der Waals surface area (Å²) in [6, 6.07) is 7.07. The van der Waals surface area contributed by atoms with Crippen LogP contribution in [0.4, 0.5) is 0 Å². The highest BCUT2D eigenvalue weighted by Gasteiger charge is 2.41. The number of nitrogens with zero attached hydrogens (tertiary/aromatic N) is 1. The fourth-order valence-corrected chi connectivity index (χ4v) is 4.34. The van der Waals surface area contributed by atoms with Crippen LogP contribution in [0.3, 0.4) is 0 Å². The summed E-state index contributed by atoms with van der Waals surface area (Å²) in [5, 5.41) is 3.28. The van der Waals surface area contributed by atoms with Gasteiger partial charge in [-0.25, -0.2) is 0 Å². The first-order valence-corrected chi connectivity index (χ1v) is 9.33. The SMILES string of the molecule is CCNC(=O)[C@H](CC(C)C)N1C(=O)CS[C@@H]1c1ccccc1Cl. The standard InChI is InChI=1S/C17H23ClN2O2S/c1-4-19-16(22)14(9-11(2)3)20-15(21)10-23-17(20)12-7-5-6-8-13(12)18/h5-8,11,14,17H,4,9-10H2,1-3H3,(H,19,22)/t14-,17+/m0/s1. The first-order chi connectivity index (χ1) is 11.0. The minimum atomic E-state index is -0.460. The largest absolute Gasteiger partial charge is 0.355 e. The molecule has 4 nitrogen and oxygen atoms in total. The van der Waals surface area contributed by atoms with E-state index in [0.29, 0.717) is 29.7 Å². The van der Waals surface area contributed by atoms with Crippen LogP contribution < -0.4 is 5.32 Å². The number of likely N-dealkylation sites (N-methyl/N-ethyl adjacent to an activating group) is 1. The van der Waals surface area contributed by atoms with Crippen LogP contribution in [0.1, 0.15) is 38.1 Å². The number of nitrogens with one attached hydrogen (secondary N) is 1. The molecule has 1 heterocycles. The summed E-state index contributed by atoms with van der Waals surface area (Å²) >= 11 is 7.85. The van der Waals surface area contributed by atoms with Gasteiger partial charge in [0.2, 0.25) is 11.8 Å². The van der Waals surface area contributed by atoms with Crippen molar-refractivity contribution in [1.29, 1.82) is 0 Å². The zero-order valence-corrected chi connectivity index (χ0v) is 15.3. The van der Waals surface area contributed by atoms with Crippen molar-refractivity contribution in [3.05, 3.63) is 34.9 Å². The van der Waals surface area contributed by atoms with E-state index in [9.17, 15) is 9.59 Å². The van der Waals surface area contributed by atoms with Crippen molar-refractivity contribution >= 4 is 35.2 Å². The topological polar surface area (TPSA) is 49.4 Å². The molecule has 1 saturated heterocycles. The Kier molecular flexibility index (Phi) is 6.36. The first kappa shape index (κ1) is 18.1. The van der Waals surface area contributed by atoms with Gasteiger partial charge < -0.3 is 10.2 Å². The van der Waals surface area contributed by atoms with E-state index < -0.39 is 6.04 Å². The molecule has 1 N–H and O–H groups in total. The van der Waals surface area contributed by atoms with E-state index >= 15 is 0 Å². The molecular weight excluding hydrogens is 332 g/mol. The van der Waals surface area contributed by atoms with E-state index in [1.54, 1.807) is 4.90 Å². The Morgan fingerprint density at radius 1 is 1.43 bits per heavy atom. The molecule has 0 aliphatic carbocycles. The van der Waals surface area contributed by atoms with E-state index in [1.165, 1.54) is 11.8 Å². The lowest BCUT2D eigenvalue weighted by molar-refractivity contribution is -0.139. The van der Waals surface area contributed by atoms with Crippen molar-refractivity contribution < 1.29 is 9.59 Å². The number of halogens is 1. The second kappa shape index (κ2) is 8.06. The smallest absolute Gasteiger partial charge is 0.242 e. The Morgan fingerprint density at radius 2 is 2.13 bits per heavy atom. The van der Waals surface area contributed by atoms with Gasteiger partial charge in [0, 0.05) is 17.1 Å². The normalized spacial score (nSPS) is 19.3. The number of thioether (sulfide) groups is 1. The molecule has 0 radical (unpaired) electrons. The third-order valence-corrected chi connectivity index (χ3v) is 5.32. The lowest BCUT2D eigenvalue weighted by Crippen LogP contribution is -2.49. The number of hydrogen-bond acceptors (Lipinski definition) is 3. The molecule has 1 aliphatic heterocycles. The molecule has 0 spiro atoms. The molecule has 1 fully saturated rings. The van der Waals surface area contributed by atoms with E-state index in [1.807, 2.05) is 31.2 Å². The molecule has 6 heteroatoms. The number of rotatable bonds is 6. The number of benzene rings is 1. The van der Waals surface area contributed by atoms with Gasteiger partial charge in [0.15, 0.2) is 0 Å².